The molecule has 4 saturated carbocycles. The Labute approximate surface area is 140 Å². The molecule has 1 N–H and O–H groups in total. The maximum absolute atomic E-state index is 10.6. The Bertz CT molecular complexity index is 499. The van der Waals surface area contributed by atoms with Crippen molar-refractivity contribution in [3.8, 4) is 0 Å². The molecule has 0 amide bonds. The van der Waals surface area contributed by atoms with Crippen LogP contribution < -0.4 is 0 Å². The van der Waals surface area contributed by atoms with Gasteiger partial charge in [0.15, 0.2) is 5.79 Å². The molecule has 5 aliphatic rings. The Balaban J connectivity index is 1.46. The van der Waals surface area contributed by atoms with Gasteiger partial charge in [0.1, 0.15) is 0 Å². The zero-order valence-corrected chi connectivity index (χ0v) is 14.7. The minimum absolute atomic E-state index is 0.0598. The lowest BCUT2D eigenvalue weighted by Crippen LogP contribution is -2.51. The summed E-state index contributed by atoms with van der Waals surface area (Å²) in [6.07, 6.45) is 9.68. The Morgan fingerprint density at radius 1 is 0.870 bits per heavy atom. The monoisotopic (exact) mass is 320 g/mol. The van der Waals surface area contributed by atoms with Crippen LogP contribution in [-0.4, -0.2) is 30.2 Å². The average molecular weight is 320 g/mol. The molecule has 0 aromatic carbocycles. The zero-order chi connectivity index (χ0) is 15.9. The molecule has 4 aliphatic carbocycles. The molecule has 0 aromatic heterocycles. The molecule has 0 bridgehead atoms. The predicted molar refractivity (Wildman–Crippen MR) is 87.8 cm³/mol. The van der Waals surface area contributed by atoms with Crippen molar-refractivity contribution >= 4 is 0 Å². The highest BCUT2D eigenvalue weighted by atomic mass is 16.7. The molecule has 0 aromatic rings. The third kappa shape index (κ3) is 1.88. The smallest absolute Gasteiger partial charge is 0.169 e. The lowest BCUT2D eigenvalue weighted by Gasteiger charge is -2.57. The van der Waals surface area contributed by atoms with E-state index in [1.165, 1.54) is 32.1 Å². The van der Waals surface area contributed by atoms with Crippen LogP contribution in [0.4, 0.5) is 0 Å². The first-order chi connectivity index (χ1) is 11.0. The maximum atomic E-state index is 10.6. The van der Waals surface area contributed by atoms with Gasteiger partial charge < -0.3 is 14.6 Å². The highest BCUT2D eigenvalue weighted by molar-refractivity contribution is 5.12. The Hall–Kier alpha value is -0.120. The van der Waals surface area contributed by atoms with Gasteiger partial charge in [0.05, 0.1) is 19.3 Å². The lowest BCUT2D eigenvalue weighted by molar-refractivity contribution is -0.162. The number of fused-ring (bicyclic) bond motifs is 5. The molecular weight excluding hydrogens is 288 g/mol. The second-order valence-corrected chi connectivity index (χ2v) is 9.78. The van der Waals surface area contributed by atoms with Crippen molar-refractivity contribution in [3.63, 3.8) is 0 Å². The number of aliphatic hydroxyl groups excluding tert-OH is 1. The van der Waals surface area contributed by atoms with Gasteiger partial charge in [-0.25, -0.2) is 0 Å². The van der Waals surface area contributed by atoms with Gasteiger partial charge in [-0.3, -0.25) is 0 Å². The number of aliphatic hydroxyl groups is 1. The van der Waals surface area contributed by atoms with Gasteiger partial charge in [-0.15, -0.1) is 0 Å². The Morgan fingerprint density at radius 2 is 1.61 bits per heavy atom. The van der Waals surface area contributed by atoms with Crippen LogP contribution in [0.15, 0.2) is 0 Å². The largest absolute Gasteiger partial charge is 0.393 e. The van der Waals surface area contributed by atoms with Gasteiger partial charge in [-0.1, -0.05) is 13.8 Å². The number of rotatable bonds is 0. The summed E-state index contributed by atoms with van der Waals surface area (Å²) in [4.78, 5) is 0. The van der Waals surface area contributed by atoms with Crippen molar-refractivity contribution in [2.75, 3.05) is 13.2 Å². The fourth-order valence-electron chi connectivity index (χ4n) is 7.86. The Kier molecular flexibility index (Phi) is 3.12. The number of ether oxygens (including phenoxy) is 2. The molecule has 130 valence electrons. The van der Waals surface area contributed by atoms with E-state index in [1.54, 1.807) is 0 Å². The SMILES string of the molecule is CC12CCC3C(CCC4CC5(CC43C)OCCO5)C1CCC2O. The number of hydrogen-bond donors (Lipinski definition) is 1. The molecular formula is C20H32O3. The molecule has 0 radical (unpaired) electrons. The molecule has 7 unspecified atom stereocenters. The van der Waals surface area contributed by atoms with Crippen LogP contribution in [0.25, 0.3) is 0 Å². The quantitative estimate of drug-likeness (QED) is 0.739. The van der Waals surface area contributed by atoms with E-state index in [9.17, 15) is 5.11 Å². The fraction of sp³-hybridized carbons (Fsp3) is 1.00. The third-order valence-electron chi connectivity index (χ3n) is 9.04. The molecule has 5 fully saturated rings. The van der Waals surface area contributed by atoms with E-state index in [4.69, 9.17) is 9.47 Å². The molecule has 1 heterocycles. The minimum Gasteiger partial charge on any atom is -0.393 e. The summed E-state index contributed by atoms with van der Waals surface area (Å²) in [6, 6.07) is 0. The first kappa shape index (κ1) is 15.2. The second kappa shape index (κ2) is 4.74. The van der Waals surface area contributed by atoms with Crippen molar-refractivity contribution in [2.45, 2.75) is 77.1 Å². The first-order valence-corrected chi connectivity index (χ1v) is 9.93. The minimum atomic E-state index is -0.246. The highest BCUT2D eigenvalue weighted by Gasteiger charge is 2.64. The normalized spacial score (nSPS) is 57.3. The fourth-order valence-corrected chi connectivity index (χ4v) is 7.86. The molecule has 7 atom stereocenters. The van der Waals surface area contributed by atoms with Crippen LogP contribution in [0, 0.1) is 34.5 Å². The van der Waals surface area contributed by atoms with Gasteiger partial charge >= 0.3 is 0 Å². The standard InChI is InChI=1S/C20H32O3/c1-18-8-7-16-14(15(18)5-6-17(18)21)4-3-13-11-20(12-19(13,16)2)22-9-10-23-20/h13-17,21H,3-12H2,1-2H3. The van der Waals surface area contributed by atoms with E-state index in [2.05, 4.69) is 13.8 Å². The Morgan fingerprint density at radius 3 is 2.39 bits per heavy atom. The van der Waals surface area contributed by atoms with Crippen molar-refractivity contribution < 1.29 is 14.6 Å². The second-order valence-electron chi connectivity index (χ2n) is 9.78. The van der Waals surface area contributed by atoms with Gasteiger partial charge in [0.25, 0.3) is 0 Å². The first-order valence-electron chi connectivity index (χ1n) is 9.93. The van der Waals surface area contributed by atoms with Gasteiger partial charge in [-0.05, 0) is 73.0 Å². The van der Waals surface area contributed by atoms with E-state index >= 15 is 0 Å². The van der Waals surface area contributed by atoms with E-state index in [-0.39, 0.29) is 17.3 Å². The maximum Gasteiger partial charge on any atom is 0.169 e. The molecule has 1 aliphatic heterocycles. The topological polar surface area (TPSA) is 38.7 Å². The highest BCUT2D eigenvalue weighted by Crippen LogP contribution is 2.68. The summed E-state index contributed by atoms with van der Waals surface area (Å²) in [5.74, 6) is 2.92. The van der Waals surface area contributed by atoms with Crippen LogP contribution in [0.1, 0.15) is 65.2 Å². The third-order valence-corrected chi connectivity index (χ3v) is 9.04. The lowest BCUT2D eigenvalue weighted by atomic mass is 9.48. The predicted octanol–water partition coefficient (Wildman–Crippen LogP) is 3.74. The van der Waals surface area contributed by atoms with Crippen molar-refractivity contribution in [3.05, 3.63) is 0 Å². The van der Waals surface area contributed by atoms with Crippen molar-refractivity contribution in [1.29, 1.82) is 0 Å². The van der Waals surface area contributed by atoms with E-state index in [0.29, 0.717) is 5.41 Å². The van der Waals surface area contributed by atoms with Crippen LogP contribution in [0.2, 0.25) is 0 Å². The summed E-state index contributed by atoms with van der Waals surface area (Å²) in [7, 11) is 0. The van der Waals surface area contributed by atoms with Crippen LogP contribution in [0.3, 0.4) is 0 Å². The van der Waals surface area contributed by atoms with Crippen LogP contribution in [0.5, 0.6) is 0 Å². The zero-order valence-electron chi connectivity index (χ0n) is 14.7. The van der Waals surface area contributed by atoms with E-state index in [1.807, 2.05) is 0 Å². The summed E-state index contributed by atoms with van der Waals surface area (Å²) >= 11 is 0. The summed E-state index contributed by atoms with van der Waals surface area (Å²) in [5, 5.41) is 10.6. The van der Waals surface area contributed by atoms with Crippen molar-refractivity contribution in [2.24, 2.45) is 34.5 Å². The molecule has 3 heteroatoms. The van der Waals surface area contributed by atoms with Gasteiger partial charge in [-0.2, -0.15) is 0 Å². The molecule has 5 rings (SSSR count). The van der Waals surface area contributed by atoms with Gasteiger partial charge in [0.2, 0.25) is 0 Å². The van der Waals surface area contributed by atoms with Crippen LogP contribution >= 0.6 is 0 Å². The number of hydrogen-bond acceptors (Lipinski definition) is 3. The van der Waals surface area contributed by atoms with E-state index in [0.717, 1.165) is 56.1 Å². The molecule has 1 spiro atoms. The average Bonchev–Trinajstić information content (AvgIpc) is 3.16. The molecule has 23 heavy (non-hydrogen) atoms. The van der Waals surface area contributed by atoms with Gasteiger partial charge in [0, 0.05) is 12.8 Å². The molecule has 3 nitrogen and oxygen atoms in total. The summed E-state index contributed by atoms with van der Waals surface area (Å²) in [6.45, 7) is 6.48. The van der Waals surface area contributed by atoms with Crippen LogP contribution in [-0.2, 0) is 9.47 Å². The summed E-state index contributed by atoms with van der Waals surface area (Å²) < 4.78 is 12.2. The van der Waals surface area contributed by atoms with E-state index < -0.39 is 0 Å². The van der Waals surface area contributed by atoms with Crippen molar-refractivity contribution in [1.82, 2.24) is 0 Å². The molecule has 1 saturated heterocycles. The summed E-state index contributed by atoms with van der Waals surface area (Å²) in [5.41, 5.74) is 0.586.